The largest absolute Gasteiger partial charge is 0.491 e. The maximum Gasteiger partial charge on any atom is 0.119 e. The molecule has 1 unspecified atom stereocenters. The lowest BCUT2D eigenvalue weighted by Gasteiger charge is -2.10. The monoisotopic (exact) mass is 296 g/mol. The Morgan fingerprint density at radius 3 is 2.00 bits per heavy atom. The molecule has 1 atom stereocenters. The molecule has 1 aromatic carbocycles. The molecule has 1 rings (SSSR count). The van der Waals surface area contributed by atoms with Gasteiger partial charge in [0.15, 0.2) is 0 Å². The topological polar surface area (TPSA) is 36.9 Å². The molecule has 0 fully saturated rings. The zero-order valence-electron chi connectivity index (χ0n) is 13.3. The van der Waals surface area contributed by atoms with Gasteiger partial charge in [0.05, 0.1) is 33.0 Å². The zero-order chi connectivity index (χ0) is 15.2. The third kappa shape index (κ3) is 10.3. The third-order valence-corrected chi connectivity index (χ3v) is 3.08. The van der Waals surface area contributed by atoms with E-state index in [2.05, 4.69) is 13.8 Å². The summed E-state index contributed by atoms with van der Waals surface area (Å²) in [5, 5.41) is 0. The van der Waals surface area contributed by atoms with Crippen molar-refractivity contribution >= 4 is 0 Å². The first-order valence-electron chi connectivity index (χ1n) is 7.74. The van der Waals surface area contributed by atoms with Crippen LogP contribution in [0.2, 0.25) is 0 Å². The average Bonchev–Trinajstić information content (AvgIpc) is 2.53. The van der Waals surface area contributed by atoms with E-state index in [4.69, 9.17) is 18.9 Å². The van der Waals surface area contributed by atoms with Gasteiger partial charge < -0.3 is 18.9 Å². The Bertz CT molecular complexity index is 329. The minimum Gasteiger partial charge on any atom is -0.491 e. The second kappa shape index (κ2) is 12.6. The van der Waals surface area contributed by atoms with E-state index in [1.54, 1.807) is 0 Å². The molecule has 1 aromatic rings. The van der Waals surface area contributed by atoms with Crippen LogP contribution in [-0.4, -0.2) is 46.2 Å². The lowest BCUT2D eigenvalue weighted by atomic mass is 10.1. The highest BCUT2D eigenvalue weighted by Crippen LogP contribution is 2.07. The van der Waals surface area contributed by atoms with Gasteiger partial charge in [-0.1, -0.05) is 38.5 Å². The summed E-state index contributed by atoms with van der Waals surface area (Å²) in [7, 11) is 0. The van der Waals surface area contributed by atoms with Crippen molar-refractivity contribution in [3.05, 3.63) is 30.3 Å². The third-order valence-electron chi connectivity index (χ3n) is 3.08. The van der Waals surface area contributed by atoms with Crippen LogP contribution in [0.1, 0.15) is 20.3 Å². The minimum atomic E-state index is 0.558. The second-order valence-corrected chi connectivity index (χ2v) is 4.97. The van der Waals surface area contributed by atoms with Gasteiger partial charge in [-0.2, -0.15) is 0 Å². The molecule has 0 heterocycles. The van der Waals surface area contributed by atoms with Crippen molar-refractivity contribution in [2.45, 2.75) is 20.3 Å². The van der Waals surface area contributed by atoms with Crippen molar-refractivity contribution in [1.82, 2.24) is 0 Å². The molecular formula is C17H28O4. The highest BCUT2D eigenvalue weighted by atomic mass is 16.6. The highest BCUT2D eigenvalue weighted by Gasteiger charge is 1.98. The Balaban J connectivity index is 1.79. The molecule has 0 aromatic heterocycles. The summed E-state index contributed by atoms with van der Waals surface area (Å²) in [6.45, 7) is 8.76. The highest BCUT2D eigenvalue weighted by molar-refractivity contribution is 5.20. The smallest absolute Gasteiger partial charge is 0.119 e. The maximum absolute atomic E-state index is 5.51. The Kier molecular flexibility index (Phi) is 10.8. The Morgan fingerprint density at radius 2 is 1.38 bits per heavy atom. The summed E-state index contributed by atoms with van der Waals surface area (Å²) in [5.41, 5.74) is 0. The van der Waals surface area contributed by atoms with Crippen LogP contribution in [0.3, 0.4) is 0 Å². The van der Waals surface area contributed by atoms with Gasteiger partial charge in [0.2, 0.25) is 0 Å². The molecule has 120 valence electrons. The molecule has 0 saturated heterocycles. The summed E-state index contributed by atoms with van der Waals surface area (Å²) in [6, 6.07) is 9.74. The summed E-state index contributed by atoms with van der Waals surface area (Å²) >= 11 is 0. The summed E-state index contributed by atoms with van der Waals surface area (Å²) in [6.07, 6.45) is 1.15. The standard InChI is InChI=1S/C17H28O4/c1-3-16(2)15-20-12-11-18-9-10-19-13-14-21-17-7-5-4-6-8-17/h4-8,16H,3,9-15H2,1-2H3. The summed E-state index contributed by atoms with van der Waals surface area (Å²) < 4.78 is 21.9. The lowest BCUT2D eigenvalue weighted by molar-refractivity contribution is 0.00399. The van der Waals surface area contributed by atoms with Crippen molar-refractivity contribution in [2.75, 3.05) is 46.2 Å². The maximum atomic E-state index is 5.51. The molecule has 0 aliphatic rings. The van der Waals surface area contributed by atoms with E-state index in [-0.39, 0.29) is 0 Å². The van der Waals surface area contributed by atoms with Gasteiger partial charge in [0.1, 0.15) is 12.4 Å². The number of benzene rings is 1. The number of hydrogen-bond donors (Lipinski definition) is 0. The lowest BCUT2D eigenvalue weighted by Crippen LogP contribution is -2.14. The fraction of sp³-hybridized carbons (Fsp3) is 0.647. The first-order valence-corrected chi connectivity index (χ1v) is 7.74. The first kappa shape index (κ1) is 18.0. The van der Waals surface area contributed by atoms with Gasteiger partial charge in [-0.15, -0.1) is 0 Å². The predicted octanol–water partition coefficient (Wildman–Crippen LogP) is 3.16. The van der Waals surface area contributed by atoms with Crippen LogP contribution in [0.5, 0.6) is 5.75 Å². The van der Waals surface area contributed by atoms with E-state index in [1.165, 1.54) is 0 Å². The van der Waals surface area contributed by atoms with Crippen LogP contribution in [0.25, 0.3) is 0 Å². The normalized spacial score (nSPS) is 12.3. The van der Waals surface area contributed by atoms with Crippen LogP contribution >= 0.6 is 0 Å². The molecule has 0 bridgehead atoms. The predicted molar refractivity (Wildman–Crippen MR) is 83.8 cm³/mol. The van der Waals surface area contributed by atoms with Gasteiger partial charge in [0, 0.05) is 6.61 Å². The quantitative estimate of drug-likeness (QED) is 0.524. The Hall–Kier alpha value is -1.10. The number of para-hydroxylation sites is 1. The zero-order valence-corrected chi connectivity index (χ0v) is 13.3. The van der Waals surface area contributed by atoms with E-state index in [1.807, 2.05) is 30.3 Å². The van der Waals surface area contributed by atoms with Gasteiger partial charge in [-0.05, 0) is 18.1 Å². The molecule has 0 radical (unpaired) electrons. The molecule has 0 spiro atoms. The molecule has 0 saturated carbocycles. The van der Waals surface area contributed by atoms with E-state index < -0.39 is 0 Å². The van der Waals surface area contributed by atoms with Crippen LogP contribution in [0.15, 0.2) is 30.3 Å². The van der Waals surface area contributed by atoms with E-state index in [0.29, 0.717) is 45.6 Å². The van der Waals surface area contributed by atoms with Gasteiger partial charge in [-0.3, -0.25) is 0 Å². The first-order chi connectivity index (χ1) is 10.3. The average molecular weight is 296 g/mol. The molecule has 0 amide bonds. The van der Waals surface area contributed by atoms with Crippen molar-refractivity contribution < 1.29 is 18.9 Å². The van der Waals surface area contributed by atoms with Crippen molar-refractivity contribution in [3.63, 3.8) is 0 Å². The molecule has 0 aliphatic heterocycles. The molecule has 0 N–H and O–H groups in total. The van der Waals surface area contributed by atoms with Crippen molar-refractivity contribution in [3.8, 4) is 5.75 Å². The second-order valence-electron chi connectivity index (χ2n) is 4.97. The molecule has 21 heavy (non-hydrogen) atoms. The minimum absolute atomic E-state index is 0.558. The summed E-state index contributed by atoms with van der Waals surface area (Å²) in [5.74, 6) is 1.49. The number of ether oxygens (including phenoxy) is 4. The van der Waals surface area contributed by atoms with Gasteiger partial charge in [0.25, 0.3) is 0 Å². The van der Waals surface area contributed by atoms with Crippen LogP contribution in [-0.2, 0) is 14.2 Å². The van der Waals surface area contributed by atoms with Crippen LogP contribution < -0.4 is 4.74 Å². The summed E-state index contributed by atoms with van der Waals surface area (Å²) in [4.78, 5) is 0. The van der Waals surface area contributed by atoms with Crippen LogP contribution in [0, 0.1) is 5.92 Å². The SMILES string of the molecule is CCC(C)COCCOCCOCCOc1ccccc1. The van der Waals surface area contributed by atoms with E-state index >= 15 is 0 Å². The van der Waals surface area contributed by atoms with Crippen LogP contribution in [0.4, 0.5) is 0 Å². The van der Waals surface area contributed by atoms with Gasteiger partial charge >= 0.3 is 0 Å². The van der Waals surface area contributed by atoms with Crippen molar-refractivity contribution in [1.29, 1.82) is 0 Å². The number of hydrogen-bond acceptors (Lipinski definition) is 4. The fourth-order valence-electron chi connectivity index (χ4n) is 1.58. The van der Waals surface area contributed by atoms with Crippen molar-refractivity contribution in [2.24, 2.45) is 5.92 Å². The molecular weight excluding hydrogens is 268 g/mol. The Morgan fingerprint density at radius 1 is 0.810 bits per heavy atom. The van der Waals surface area contributed by atoms with E-state index in [9.17, 15) is 0 Å². The fourth-order valence-corrected chi connectivity index (χ4v) is 1.58. The number of rotatable bonds is 13. The molecule has 4 heteroatoms. The van der Waals surface area contributed by atoms with E-state index in [0.717, 1.165) is 18.8 Å². The van der Waals surface area contributed by atoms with Gasteiger partial charge in [-0.25, -0.2) is 0 Å². The molecule has 0 aliphatic carbocycles. The molecule has 4 nitrogen and oxygen atoms in total. The Labute approximate surface area is 128 Å².